The summed E-state index contributed by atoms with van der Waals surface area (Å²) in [6.07, 6.45) is 7.01. The van der Waals surface area contributed by atoms with E-state index in [1.54, 1.807) is 0 Å². The van der Waals surface area contributed by atoms with Gasteiger partial charge >= 0.3 is 0 Å². The Labute approximate surface area is 432 Å². The van der Waals surface area contributed by atoms with Crippen LogP contribution >= 0.6 is 11.3 Å². The van der Waals surface area contributed by atoms with E-state index in [4.69, 9.17) is 4.42 Å². The van der Waals surface area contributed by atoms with Crippen LogP contribution in [-0.4, -0.2) is 7.28 Å². The molecule has 3 aliphatic carbocycles. The summed E-state index contributed by atoms with van der Waals surface area (Å²) in [7, 11) is 0.798. The standard InChI is InChI=1S/C67H71BN2OS/c1-38-32-45-49(67(12,13)31-28-63(45,4)5)36-52(38)70-53-37-55-57(42-19-14-16-20-54(42)71-55)58(59(53)68-50-25-23-41-40-18-15-17-21-56(40)72-61(41)60(50)70)43-34-47-48(66(10,11)30-29-65(47,8)9)35-51(43)69-39-22-24-44-46(33-39)64(6,7)27-26-62(44,2)3/h14-25,32-37,68-69H,26-31H2,1-13H3. The van der Waals surface area contributed by atoms with Crippen molar-refractivity contribution in [1.29, 1.82) is 0 Å². The molecule has 3 nitrogen and oxygen atoms in total. The van der Waals surface area contributed by atoms with E-state index in [1.807, 2.05) is 11.3 Å². The molecule has 0 radical (unpaired) electrons. The van der Waals surface area contributed by atoms with Crippen LogP contribution in [-0.2, 0) is 32.5 Å². The van der Waals surface area contributed by atoms with Crippen LogP contribution in [0.1, 0.15) is 161 Å². The summed E-state index contributed by atoms with van der Waals surface area (Å²) in [5.41, 5.74) is 23.7. The highest BCUT2D eigenvalue weighted by Gasteiger charge is 2.43. The topological polar surface area (TPSA) is 28.4 Å². The van der Waals surface area contributed by atoms with Crippen LogP contribution in [0.2, 0.25) is 0 Å². The Balaban J connectivity index is 1.15. The molecule has 0 fully saturated rings. The van der Waals surface area contributed by atoms with Gasteiger partial charge in [0.1, 0.15) is 11.2 Å². The zero-order valence-corrected chi connectivity index (χ0v) is 45.9. The summed E-state index contributed by atoms with van der Waals surface area (Å²) in [5.74, 6) is 0. The molecule has 9 aromatic rings. The van der Waals surface area contributed by atoms with Gasteiger partial charge in [-0.3, -0.25) is 0 Å². The van der Waals surface area contributed by atoms with Crippen molar-refractivity contribution >= 4 is 100 Å². The SMILES string of the molecule is Cc1cc2c(cc1N1c3cc4oc5ccccc5c4c(-c4cc5c(cc4Nc4ccc6c(c4)C(C)(C)CCC6(C)C)C(C)(C)CCC5(C)C)c3Bc3ccc4c(sc5ccccc54)c31)C(C)(C)CCC2(C)C. The lowest BCUT2D eigenvalue weighted by Crippen LogP contribution is -2.41. The van der Waals surface area contributed by atoms with E-state index in [-0.39, 0.29) is 32.5 Å². The van der Waals surface area contributed by atoms with Crippen molar-refractivity contribution in [2.24, 2.45) is 0 Å². The fourth-order valence-corrected chi connectivity index (χ4v) is 15.3. The largest absolute Gasteiger partial charge is 0.456 e. The Morgan fingerprint density at radius 2 is 1.08 bits per heavy atom. The zero-order valence-electron chi connectivity index (χ0n) is 45.1. The molecule has 1 N–H and O–H groups in total. The minimum atomic E-state index is -0.00176. The Morgan fingerprint density at radius 1 is 0.514 bits per heavy atom. The lowest BCUT2D eigenvalue weighted by molar-refractivity contribution is 0.332. The van der Waals surface area contributed by atoms with Gasteiger partial charge < -0.3 is 14.6 Å². The van der Waals surface area contributed by atoms with Gasteiger partial charge in [-0.1, -0.05) is 149 Å². The number of thiophene rings is 1. The minimum Gasteiger partial charge on any atom is -0.456 e. The van der Waals surface area contributed by atoms with E-state index in [0.29, 0.717) is 0 Å². The number of rotatable bonds is 4. The zero-order chi connectivity index (χ0) is 50.2. The predicted molar refractivity (Wildman–Crippen MR) is 313 cm³/mol. The first-order chi connectivity index (χ1) is 34.0. The van der Waals surface area contributed by atoms with Crippen LogP contribution in [0.4, 0.5) is 28.4 Å². The third-order valence-corrected chi connectivity index (χ3v) is 20.2. The number of anilines is 5. The molecular formula is C67H71BN2OS. The molecule has 364 valence electrons. The molecule has 0 spiro atoms. The second-order valence-corrected chi connectivity index (χ2v) is 27.6. The highest BCUT2D eigenvalue weighted by atomic mass is 32.1. The molecule has 4 aliphatic rings. The Hall–Kier alpha value is -5.78. The van der Waals surface area contributed by atoms with Crippen molar-refractivity contribution in [3.8, 4) is 11.1 Å². The van der Waals surface area contributed by atoms with E-state index in [2.05, 4.69) is 209 Å². The summed E-state index contributed by atoms with van der Waals surface area (Å²) in [6, 6.07) is 42.7. The van der Waals surface area contributed by atoms with E-state index in [1.165, 1.54) is 129 Å². The number of para-hydroxylation sites is 1. The number of hydrogen-bond acceptors (Lipinski definition) is 4. The maximum Gasteiger partial charge on any atom is 0.198 e. The lowest BCUT2D eigenvalue weighted by atomic mass is 9.57. The molecule has 0 amide bonds. The summed E-state index contributed by atoms with van der Waals surface area (Å²) in [5, 5.41) is 9.25. The van der Waals surface area contributed by atoms with Crippen LogP contribution in [0.25, 0.3) is 53.2 Å². The van der Waals surface area contributed by atoms with Crippen molar-refractivity contribution < 1.29 is 4.42 Å². The monoisotopic (exact) mass is 963 g/mol. The van der Waals surface area contributed by atoms with Crippen LogP contribution in [0.5, 0.6) is 0 Å². The molecule has 1 aliphatic heterocycles. The van der Waals surface area contributed by atoms with E-state index in [0.717, 1.165) is 48.8 Å². The van der Waals surface area contributed by atoms with E-state index < -0.39 is 0 Å². The van der Waals surface area contributed by atoms with Gasteiger partial charge in [0.15, 0.2) is 7.28 Å². The van der Waals surface area contributed by atoms with Gasteiger partial charge in [-0.15, -0.1) is 11.3 Å². The van der Waals surface area contributed by atoms with Gasteiger partial charge in [0, 0.05) is 60.6 Å². The molecule has 2 aromatic heterocycles. The van der Waals surface area contributed by atoms with Crippen LogP contribution in [0.3, 0.4) is 0 Å². The summed E-state index contributed by atoms with van der Waals surface area (Å²) in [6.45, 7) is 31.8. The van der Waals surface area contributed by atoms with Crippen molar-refractivity contribution in [1.82, 2.24) is 0 Å². The third kappa shape index (κ3) is 6.74. The summed E-state index contributed by atoms with van der Waals surface area (Å²) >= 11 is 1.94. The molecule has 0 atom stereocenters. The molecule has 0 bridgehead atoms. The Kier molecular flexibility index (Phi) is 9.69. The molecule has 5 heteroatoms. The van der Waals surface area contributed by atoms with Crippen molar-refractivity contribution in [3.63, 3.8) is 0 Å². The maximum absolute atomic E-state index is 7.17. The van der Waals surface area contributed by atoms with Crippen LogP contribution in [0, 0.1) is 6.92 Å². The molecule has 13 rings (SSSR count). The number of aryl methyl sites for hydroxylation is 1. The molecular weight excluding hydrogens is 892 g/mol. The smallest absolute Gasteiger partial charge is 0.198 e. The van der Waals surface area contributed by atoms with Gasteiger partial charge in [-0.25, -0.2) is 0 Å². The number of hydrogen-bond donors (Lipinski definition) is 1. The minimum absolute atomic E-state index is 0.00176. The Bertz CT molecular complexity index is 3800. The maximum atomic E-state index is 7.17. The highest BCUT2D eigenvalue weighted by Crippen LogP contribution is 2.55. The second kappa shape index (κ2) is 15.2. The van der Waals surface area contributed by atoms with E-state index in [9.17, 15) is 0 Å². The molecule has 3 heterocycles. The van der Waals surface area contributed by atoms with Gasteiger partial charge in [-0.2, -0.15) is 0 Å². The third-order valence-electron chi connectivity index (χ3n) is 19.0. The average Bonchev–Trinajstić information content (AvgIpc) is 3.91. The molecule has 0 unspecified atom stereocenters. The van der Waals surface area contributed by atoms with Gasteiger partial charge in [-0.05, 0) is 170 Å². The van der Waals surface area contributed by atoms with Crippen molar-refractivity contribution in [2.45, 2.75) is 161 Å². The lowest BCUT2D eigenvalue weighted by Gasteiger charge is -2.44. The number of furan rings is 1. The fourth-order valence-electron chi connectivity index (χ4n) is 14.1. The first-order valence-corrected chi connectivity index (χ1v) is 27.8. The first-order valence-electron chi connectivity index (χ1n) is 27.0. The molecule has 72 heavy (non-hydrogen) atoms. The average molecular weight is 963 g/mol. The first kappa shape index (κ1) is 46.0. The Morgan fingerprint density at radius 3 is 1.76 bits per heavy atom. The quantitative estimate of drug-likeness (QED) is 0.178. The van der Waals surface area contributed by atoms with Crippen LogP contribution in [0.15, 0.2) is 114 Å². The van der Waals surface area contributed by atoms with E-state index >= 15 is 0 Å². The molecule has 0 saturated carbocycles. The van der Waals surface area contributed by atoms with Gasteiger partial charge in [0.05, 0.1) is 10.4 Å². The molecule has 0 saturated heterocycles. The number of fused-ring (bicyclic) bond motifs is 12. The summed E-state index contributed by atoms with van der Waals surface area (Å²) in [4.78, 5) is 2.70. The van der Waals surface area contributed by atoms with Gasteiger partial charge in [0.25, 0.3) is 0 Å². The highest BCUT2D eigenvalue weighted by molar-refractivity contribution is 7.26. The second-order valence-electron chi connectivity index (χ2n) is 26.6. The van der Waals surface area contributed by atoms with Crippen molar-refractivity contribution in [2.75, 3.05) is 10.2 Å². The van der Waals surface area contributed by atoms with Crippen molar-refractivity contribution in [3.05, 3.63) is 148 Å². The number of nitrogens with zero attached hydrogens (tertiary/aromatic N) is 1. The predicted octanol–water partition coefficient (Wildman–Crippen LogP) is 17.9. The molecule has 7 aromatic carbocycles. The summed E-state index contributed by atoms with van der Waals surface area (Å²) < 4.78 is 9.85. The number of benzene rings is 7. The fraction of sp³-hybridized carbons (Fsp3) is 0.373. The number of nitrogens with one attached hydrogen (secondary N) is 1. The normalized spacial score (nSPS) is 19.6. The van der Waals surface area contributed by atoms with Crippen LogP contribution < -0.4 is 21.1 Å². The van der Waals surface area contributed by atoms with Gasteiger partial charge in [0.2, 0.25) is 0 Å².